The molecule has 0 spiro atoms. The lowest BCUT2D eigenvalue weighted by Crippen LogP contribution is -2.48. The van der Waals surface area contributed by atoms with Gasteiger partial charge in [-0.3, -0.25) is 14.6 Å². The first kappa shape index (κ1) is 17.6. The zero-order valence-electron chi connectivity index (χ0n) is 13.8. The minimum atomic E-state index is 0.0587. The van der Waals surface area contributed by atoms with Crippen LogP contribution in [-0.2, 0) is 11.3 Å². The minimum absolute atomic E-state index is 0.0587. The van der Waals surface area contributed by atoms with E-state index >= 15 is 0 Å². The molecule has 0 aliphatic carbocycles. The van der Waals surface area contributed by atoms with E-state index in [-0.39, 0.29) is 5.91 Å². The van der Waals surface area contributed by atoms with Gasteiger partial charge in [-0.25, -0.2) is 0 Å². The van der Waals surface area contributed by atoms with Crippen molar-refractivity contribution in [2.24, 2.45) is 0 Å². The van der Waals surface area contributed by atoms with Crippen LogP contribution in [0.1, 0.15) is 10.4 Å². The van der Waals surface area contributed by atoms with E-state index in [2.05, 4.69) is 48.6 Å². The molecule has 0 saturated carbocycles. The fraction of sp³-hybridized carbons (Fsp3) is 0.389. The third kappa shape index (κ3) is 4.89. The van der Waals surface area contributed by atoms with Crippen LogP contribution in [0, 0.1) is 6.92 Å². The second kappa shape index (κ2) is 8.25. The van der Waals surface area contributed by atoms with Gasteiger partial charge in [-0.05, 0) is 42.1 Å². The Kier molecular flexibility index (Phi) is 6.05. The number of thiophene rings is 1. The average Bonchev–Trinajstić information content (AvgIpc) is 3.06. The first-order valence-electron chi connectivity index (χ1n) is 8.13. The SMILES string of the molecule is Cc1cc(NC(=O)CN2CCN(Cc3cccs3)CC2)ccc1Br. The number of rotatable bonds is 5. The number of benzene rings is 1. The van der Waals surface area contributed by atoms with Crippen LogP contribution in [0.15, 0.2) is 40.2 Å². The molecule has 0 unspecified atom stereocenters. The van der Waals surface area contributed by atoms with Crippen LogP contribution < -0.4 is 5.32 Å². The molecule has 1 fully saturated rings. The van der Waals surface area contributed by atoms with Gasteiger partial charge >= 0.3 is 0 Å². The van der Waals surface area contributed by atoms with Crippen LogP contribution >= 0.6 is 27.3 Å². The summed E-state index contributed by atoms with van der Waals surface area (Å²) in [6.07, 6.45) is 0. The molecule has 0 atom stereocenters. The van der Waals surface area contributed by atoms with Crippen molar-refractivity contribution in [3.8, 4) is 0 Å². The van der Waals surface area contributed by atoms with Crippen molar-refractivity contribution >= 4 is 38.9 Å². The maximum atomic E-state index is 12.2. The summed E-state index contributed by atoms with van der Waals surface area (Å²) in [4.78, 5) is 18.3. The Bertz CT molecular complexity index is 682. The van der Waals surface area contributed by atoms with E-state index in [1.165, 1.54) is 4.88 Å². The van der Waals surface area contributed by atoms with Crippen LogP contribution in [0.4, 0.5) is 5.69 Å². The second-order valence-corrected chi connectivity index (χ2v) is 8.03. The van der Waals surface area contributed by atoms with E-state index in [1.807, 2.05) is 36.5 Å². The summed E-state index contributed by atoms with van der Waals surface area (Å²) in [5.74, 6) is 0.0587. The van der Waals surface area contributed by atoms with E-state index < -0.39 is 0 Å². The monoisotopic (exact) mass is 407 g/mol. The van der Waals surface area contributed by atoms with Gasteiger partial charge in [-0.15, -0.1) is 11.3 Å². The van der Waals surface area contributed by atoms with Crippen molar-refractivity contribution in [1.82, 2.24) is 9.80 Å². The number of piperazine rings is 1. The van der Waals surface area contributed by atoms with Crippen LogP contribution in [0.3, 0.4) is 0 Å². The summed E-state index contributed by atoms with van der Waals surface area (Å²) in [5.41, 5.74) is 1.98. The third-order valence-electron chi connectivity index (χ3n) is 4.23. The normalized spacial score (nSPS) is 16.2. The lowest BCUT2D eigenvalue weighted by molar-refractivity contribution is -0.117. The van der Waals surface area contributed by atoms with E-state index in [1.54, 1.807) is 0 Å². The number of nitrogens with one attached hydrogen (secondary N) is 1. The summed E-state index contributed by atoms with van der Waals surface area (Å²) in [6, 6.07) is 10.2. The van der Waals surface area contributed by atoms with Gasteiger partial charge in [0.25, 0.3) is 0 Å². The molecule has 1 saturated heterocycles. The highest BCUT2D eigenvalue weighted by Crippen LogP contribution is 2.20. The Hall–Kier alpha value is -1.21. The lowest BCUT2D eigenvalue weighted by atomic mass is 10.2. The molecule has 1 aromatic heterocycles. The number of hydrogen-bond donors (Lipinski definition) is 1. The smallest absolute Gasteiger partial charge is 0.238 e. The summed E-state index contributed by atoms with van der Waals surface area (Å²) in [6.45, 7) is 7.42. The van der Waals surface area contributed by atoms with E-state index in [4.69, 9.17) is 0 Å². The molecule has 128 valence electrons. The Morgan fingerprint density at radius 1 is 1.21 bits per heavy atom. The largest absolute Gasteiger partial charge is 0.325 e. The number of hydrogen-bond acceptors (Lipinski definition) is 4. The van der Waals surface area contributed by atoms with Crippen LogP contribution in [0.5, 0.6) is 0 Å². The third-order valence-corrected chi connectivity index (χ3v) is 5.98. The highest BCUT2D eigenvalue weighted by atomic mass is 79.9. The number of halogens is 1. The molecule has 0 radical (unpaired) electrons. The summed E-state index contributed by atoms with van der Waals surface area (Å²) < 4.78 is 1.06. The lowest BCUT2D eigenvalue weighted by Gasteiger charge is -2.34. The van der Waals surface area contributed by atoms with Crippen molar-refractivity contribution < 1.29 is 4.79 Å². The molecule has 6 heteroatoms. The van der Waals surface area contributed by atoms with E-state index in [9.17, 15) is 4.79 Å². The molecule has 1 aromatic carbocycles. The number of aryl methyl sites for hydroxylation is 1. The van der Waals surface area contributed by atoms with Gasteiger partial charge in [-0.1, -0.05) is 22.0 Å². The first-order chi connectivity index (χ1) is 11.6. The predicted molar refractivity (Wildman–Crippen MR) is 104 cm³/mol. The molecule has 3 rings (SSSR count). The average molecular weight is 408 g/mol. The minimum Gasteiger partial charge on any atom is -0.325 e. The molecule has 4 nitrogen and oxygen atoms in total. The molecule has 0 bridgehead atoms. The highest BCUT2D eigenvalue weighted by Gasteiger charge is 2.19. The molecule has 1 N–H and O–H groups in total. The van der Waals surface area contributed by atoms with E-state index in [0.717, 1.165) is 48.4 Å². The zero-order chi connectivity index (χ0) is 16.9. The van der Waals surface area contributed by atoms with Crippen LogP contribution in [0.25, 0.3) is 0 Å². The number of carbonyl (C=O) groups is 1. The molecule has 2 heterocycles. The topological polar surface area (TPSA) is 35.6 Å². The molecule has 24 heavy (non-hydrogen) atoms. The standard InChI is InChI=1S/C18H22BrN3OS/c1-14-11-15(4-5-17(14)19)20-18(23)13-22-8-6-21(7-9-22)12-16-3-2-10-24-16/h2-5,10-11H,6-9,12-13H2,1H3,(H,20,23). The highest BCUT2D eigenvalue weighted by molar-refractivity contribution is 9.10. The maximum Gasteiger partial charge on any atom is 0.238 e. The Morgan fingerprint density at radius 3 is 2.62 bits per heavy atom. The fourth-order valence-electron chi connectivity index (χ4n) is 2.85. The Labute approximate surface area is 155 Å². The van der Waals surface area contributed by atoms with Crippen molar-refractivity contribution in [3.63, 3.8) is 0 Å². The van der Waals surface area contributed by atoms with Crippen molar-refractivity contribution in [2.45, 2.75) is 13.5 Å². The Balaban J connectivity index is 1.43. The number of amides is 1. The van der Waals surface area contributed by atoms with Gasteiger partial charge in [0.2, 0.25) is 5.91 Å². The summed E-state index contributed by atoms with van der Waals surface area (Å²) in [5, 5.41) is 5.12. The van der Waals surface area contributed by atoms with E-state index in [0.29, 0.717) is 6.54 Å². The zero-order valence-corrected chi connectivity index (χ0v) is 16.2. The predicted octanol–water partition coefficient (Wildman–Crippen LogP) is 3.58. The molecular formula is C18H22BrN3OS. The quantitative estimate of drug-likeness (QED) is 0.822. The van der Waals surface area contributed by atoms with Crippen LogP contribution in [0.2, 0.25) is 0 Å². The summed E-state index contributed by atoms with van der Waals surface area (Å²) >= 11 is 5.29. The van der Waals surface area contributed by atoms with Gasteiger partial charge in [0.05, 0.1) is 6.54 Å². The Morgan fingerprint density at radius 2 is 1.96 bits per heavy atom. The van der Waals surface area contributed by atoms with Gasteiger partial charge in [0.1, 0.15) is 0 Å². The fourth-order valence-corrected chi connectivity index (χ4v) is 3.85. The van der Waals surface area contributed by atoms with Gasteiger partial charge in [0, 0.05) is 47.8 Å². The van der Waals surface area contributed by atoms with Crippen molar-refractivity contribution in [1.29, 1.82) is 0 Å². The first-order valence-corrected chi connectivity index (χ1v) is 9.80. The molecule has 1 aliphatic heterocycles. The number of anilines is 1. The second-order valence-electron chi connectivity index (χ2n) is 6.14. The van der Waals surface area contributed by atoms with Gasteiger partial charge in [-0.2, -0.15) is 0 Å². The number of carbonyl (C=O) groups excluding carboxylic acids is 1. The molecule has 1 aliphatic rings. The van der Waals surface area contributed by atoms with Crippen molar-refractivity contribution in [2.75, 3.05) is 38.0 Å². The summed E-state index contributed by atoms with van der Waals surface area (Å²) in [7, 11) is 0. The van der Waals surface area contributed by atoms with Crippen molar-refractivity contribution in [3.05, 3.63) is 50.6 Å². The molecular weight excluding hydrogens is 386 g/mol. The van der Waals surface area contributed by atoms with Crippen LogP contribution in [-0.4, -0.2) is 48.4 Å². The maximum absolute atomic E-state index is 12.2. The molecule has 2 aromatic rings. The molecule has 1 amide bonds. The van der Waals surface area contributed by atoms with Gasteiger partial charge < -0.3 is 5.32 Å². The van der Waals surface area contributed by atoms with Gasteiger partial charge in [0.15, 0.2) is 0 Å². The number of nitrogens with zero attached hydrogens (tertiary/aromatic N) is 2.